The monoisotopic (exact) mass is 418 g/mol. The summed E-state index contributed by atoms with van der Waals surface area (Å²) < 4.78 is 0.594. The molecule has 0 aromatic heterocycles. The number of hydrogen-bond acceptors (Lipinski definition) is 5. The van der Waals surface area contributed by atoms with Gasteiger partial charge in [-0.1, -0.05) is 77.7 Å². The first-order chi connectivity index (χ1) is 12.5. The van der Waals surface area contributed by atoms with Crippen LogP contribution in [0.15, 0.2) is 63.4 Å². The molecule has 2 heterocycles. The molecule has 1 unspecified atom stereocenters. The maximum atomic E-state index is 13.2. The van der Waals surface area contributed by atoms with Crippen molar-refractivity contribution < 1.29 is 4.79 Å². The van der Waals surface area contributed by atoms with E-state index < -0.39 is 0 Å². The van der Waals surface area contributed by atoms with Crippen molar-refractivity contribution in [3.63, 3.8) is 0 Å². The zero-order chi connectivity index (χ0) is 18.4. The summed E-state index contributed by atoms with van der Waals surface area (Å²) in [6.07, 6.45) is 0. The lowest BCUT2D eigenvalue weighted by Gasteiger charge is -2.23. The minimum Gasteiger partial charge on any atom is -0.337 e. The lowest BCUT2D eigenvalue weighted by Crippen LogP contribution is -2.31. The number of fused-ring (bicyclic) bond motifs is 1. The van der Waals surface area contributed by atoms with Crippen molar-refractivity contribution in [3.05, 3.63) is 69.1 Å². The number of carbonyl (C=O) groups is 1. The maximum absolute atomic E-state index is 13.2. The van der Waals surface area contributed by atoms with Gasteiger partial charge in [-0.25, -0.2) is 0 Å². The molecule has 1 fully saturated rings. The van der Waals surface area contributed by atoms with Gasteiger partial charge in [0.1, 0.15) is 9.23 Å². The van der Waals surface area contributed by atoms with Gasteiger partial charge in [-0.05, 0) is 30.7 Å². The fourth-order valence-corrected chi connectivity index (χ4v) is 5.93. The van der Waals surface area contributed by atoms with Gasteiger partial charge in [0.25, 0.3) is 5.91 Å². The molecule has 132 valence electrons. The number of amides is 1. The zero-order valence-electron chi connectivity index (χ0n) is 14.1. The summed E-state index contributed by atoms with van der Waals surface area (Å²) in [5.74, 6) is -0.0374. The molecule has 1 amide bonds. The number of carbonyl (C=O) groups excluding carboxylic acids is 1. The molecule has 0 saturated carbocycles. The van der Waals surface area contributed by atoms with E-state index in [1.165, 1.54) is 11.8 Å². The normalized spacial score (nSPS) is 20.7. The lowest BCUT2D eigenvalue weighted by atomic mass is 10.1. The van der Waals surface area contributed by atoms with E-state index in [2.05, 4.69) is 0 Å². The zero-order valence-corrected chi connectivity index (χ0v) is 17.3. The van der Waals surface area contributed by atoms with E-state index >= 15 is 0 Å². The summed E-state index contributed by atoms with van der Waals surface area (Å²) in [6.45, 7) is 2.01. The molecule has 0 bridgehead atoms. The summed E-state index contributed by atoms with van der Waals surface area (Å²) in [5.41, 5.74) is 2.08. The van der Waals surface area contributed by atoms with E-state index in [-0.39, 0.29) is 11.9 Å². The minimum absolute atomic E-state index is 0.0374. The predicted octanol–water partition coefficient (Wildman–Crippen LogP) is 5.67. The smallest absolute Gasteiger partial charge is 0.269 e. The number of halogens is 1. The van der Waals surface area contributed by atoms with E-state index in [4.69, 9.17) is 23.8 Å². The molecule has 2 aromatic carbocycles. The molecule has 26 heavy (non-hydrogen) atoms. The molecular weight excluding hydrogens is 404 g/mol. The first-order valence-corrected chi connectivity index (χ1v) is 10.4. The van der Waals surface area contributed by atoms with E-state index in [9.17, 15) is 4.79 Å². The van der Waals surface area contributed by atoms with Crippen molar-refractivity contribution in [1.29, 1.82) is 0 Å². The van der Waals surface area contributed by atoms with Crippen LogP contribution < -0.4 is 4.90 Å². The quantitative estimate of drug-likeness (QED) is 0.461. The Morgan fingerprint density at radius 3 is 2.58 bits per heavy atom. The third-order valence-electron chi connectivity index (χ3n) is 4.46. The van der Waals surface area contributed by atoms with Gasteiger partial charge in [0.2, 0.25) is 0 Å². The van der Waals surface area contributed by atoms with Crippen LogP contribution in [0.25, 0.3) is 0 Å². The van der Waals surface area contributed by atoms with Crippen molar-refractivity contribution in [3.8, 4) is 0 Å². The van der Waals surface area contributed by atoms with E-state index in [1.807, 2.05) is 67.4 Å². The number of nitrogens with zero attached hydrogens (tertiary/aromatic N) is 2. The van der Waals surface area contributed by atoms with Gasteiger partial charge in [-0.2, -0.15) is 0 Å². The van der Waals surface area contributed by atoms with Crippen LogP contribution in [0.3, 0.4) is 0 Å². The van der Waals surface area contributed by atoms with Crippen molar-refractivity contribution in [2.45, 2.75) is 17.9 Å². The number of hydrogen-bond donors (Lipinski definition) is 0. The Bertz CT molecular complexity index is 945. The number of thiocarbonyl (C=S) groups is 1. The fraction of sp³-hybridized carbons (Fsp3) is 0.158. The predicted molar refractivity (Wildman–Crippen MR) is 115 cm³/mol. The van der Waals surface area contributed by atoms with Crippen molar-refractivity contribution in [2.24, 2.45) is 0 Å². The van der Waals surface area contributed by atoms with Gasteiger partial charge in [0.05, 0.1) is 16.8 Å². The first-order valence-electron chi connectivity index (χ1n) is 8.03. The molecule has 1 atom stereocenters. The van der Waals surface area contributed by atoms with Crippen LogP contribution in [-0.2, 0) is 4.79 Å². The summed E-state index contributed by atoms with van der Waals surface area (Å²) in [6, 6.07) is 15.6. The highest BCUT2D eigenvalue weighted by Crippen LogP contribution is 2.51. The van der Waals surface area contributed by atoms with Gasteiger partial charge in [0.15, 0.2) is 0 Å². The lowest BCUT2D eigenvalue weighted by molar-refractivity contribution is -0.123. The molecule has 3 nitrogen and oxygen atoms in total. The highest BCUT2D eigenvalue weighted by molar-refractivity contribution is 8.27. The summed E-state index contributed by atoms with van der Waals surface area (Å²) in [5, 5.41) is 1.59. The number of anilines is 1. The van der Waals surface area contributed by atoms with E-state index in [0.29, 0.717) is 14.2 Å². The molecule has 0 radical (unpaired) electrons. The number of rotatable bonds is 2. The highest BCUT2D eigenvalue weighted by Gasteiger charge is 2.40. The first kappa shape index (κ1) is 17.9. The molecule has 7 heteroatoms. The van der Waals surface area contributed by atoms with Crippen LogP contribution in [0.4, 0.5) is 5.69 Å². The second-order valence-corrected chi connectivity index (χ2v) is 9.15. The van der Waals surface area contributed by atoms with Gasteiger partial charge < -0.3 is 4.90 Å². The number of thioether (sulfide) groups is 2. The average Bonchev–Trinajstić information content (AvgIpc) is 3.11. The highest BCUT2D eigenvalue weighted by atomic mass is 35.5. The second-order valence-electron chi connectivity index (χ2n) is 6.04. The summed E-state index contributed by atoms with van der Waals surface area (Å²) in [4.78, 5) is 18.7. The fourth-order valence-electron chi connectivity index (χ4n) is 3.04. The van der Waals surface area contributed by atoms with Crippen molar-refractivity contribution >= 4 is 63.3 Å². The van der Waals surface area contributed by atoms with Crippen LogP contribution >= 0.6 is 47.3 Å². The molecule has 1 saturated heterocycles. The second kappa shape index (κ2) is 6.93. The Balaban J connectivity index is 1.69. The molecule has 2 aliphatic heterocycles. The minimum atomic E-state index is -0.102. The van der Waals surface area contributed by atoms with Crippen LogP contribution in [0.5, 0.6) is 0 Å². The molecule has 0 N–H and O–H groups in total. The Morgan fingerprint density at radius 1 is 1.12 bits per heavy atom. The summed E-state index contributed by atoms with van der Waals surface area (Å²) in [7, 11) is 1.96. The Labute approximate surface area is 171 Å². The van der Waals surface area contributed by atoms with Crippen LogP contribution in [0.1, 0.15) is 18.5 Å². The molecule has 2 aromatic rings. The molecule has 4 rings (SSSR count). The summed E-state index contributed by atoms with van der Waals surface area (Å²) >= 11 is 14.6. The Morgan fingerprint density at radius 2 is 1.85 bits per heavy atom. The van der Waals surface area contributed by atoms with Gasteiger partial charge in [0, 0.05) is 17.0 Å². The van der Waals surface area contributed by atoms with Gasteiger partial charge >= 0.3 is 0 Å². The maximum Gasteiger partial charge on any atom is 0.269 e. The third-order valence-corrected chi connectivity index (χ3v) is 7.45. The van der Waals surface area contributed by atoms with Crippen molar-refractivity contribution in [2.75, 3.05) is 11.9 Å². The number of benzene rings is 2. The Kier molecular flexibility index (Phi) is 4.77. The van der Waals surface area contributed by atoms with Crippen LogP contribution in [-0.4, -0.2) is 22.2 Å². The third kappa shape index (κ3) is 2.95. The Hall–Kier alpha value is -1.47. The topological polar surface area (TPSA) is 23.6 Å². The van der Waals surface area contributed by atoms with Gasteiger partial charge in [-0.3, -0.25) is 9.69 Å². The average molecular weight is 419 g/mol. The molecular formula is C19H15ClN2OS3. The molecule has 0 spiro atoms. The van der Waals surface area contributed by atoms with E-state index in [0.717, 1.165) is 21.2 Å². The standard InChI is InChI=1S/C19H15ClN2OS3/c1-11(12-6-4-3-5-7-12)22-17(23)16(26-19(22)24)18-21(2)14-10-13(20)8-9-15(14)25-18/h3-11H,1-2H3/b18-16-. The van der Waals surface area contributed by atoms with E-state index in [1.54, 1.807) is 16.7 Å². The largest absolute Gasteiger partial charge is 0.337 e. The SMILES string of the molecule is CC(c1ccccc1)N1C(=O)/C(=C2/Sc3ccc(Cl)cc3N2C)SC1=S. The molecule has 2 aliphatic rings. The van der Waals surface area contributed by atoms with Crippen LogP contribution in [0.2, 0.25) is 5.02 Å². The molecule has 0 aliphatic carbocycles. The van der Waals surface area contributed by atoms with Crippen LogP contribution in [0, 0.1) is 0 Å². The van der Waals surface area contributed by atoms with Crippen molar-refractivity contribution in [1.82, 2.24) is 4.90 Å². The van der Waals surface area contributed by atoms with Gasteiger partial charge in [-0.15, -0.1) is 0 Å².